The van der Waals surface area contributed by atoms with Crippen molar-refractivity contribution >= 4 is 17.8 Å². The number of benzene rings is 1. The molecule has 1 aromatic carbocycles. The zero-order chi connectivity index (χ0) is 17.7. The average molecular weight is 342 g/mol. The van der Waals surface area contributed by atoms with E-state index in [2.05, 4.69) is 28.5 Å². The van der Waals surface area contributed by atoms with Crippen LogP contribution in [0, 0.1) is 0 Å². The molecule has 0 aliphatic heterocycles. The molecule has 0 amide bonds. The lowest BCUT2D eigenvalue weighted by molar-refractivity contribution is 0.0399. The monoisotopic (exact) mass is 342 g/mol. The van der Waals surface area contributed by atoms with Crippen LogP contribution in [0.3, 0.4) is 0 Å². The molecule has 0 atom stereocenters. The summed E-state index contributed by atoms with van der Waals surface area (Å²) >= 11 is 0. The second kappa shape index (κ2) is 11.2. The van der Waals surface area contributed by atoms with Crippen LogP contribution in [0.4, 0.5) is 5.69 Å². The maximum Gasteiger partial charge on any atom is 0.213 e. The van der Waals surface area contributed by atoms with Crippen molar-refractivity contribution in [1.29, 1.82) is 0 Å². The van der Waals surface area contributed by atoms with E-state index in [1.165, 1.54) is 0 Å². The van der Waals surface area contributed by atoms with E-state index in [9.17, 15) is 0 Å². The van der Waals surface area contributed by atoms with Gasteiger partial charge >= 0.3 is 0 Å². The third-order valence-corrected chi connectivity index (χ3v) is 3.48. The minimum absolute atomic E-state index is 0.478. The molecule has 1 N–H and O–H groups in total. The van der Waals surface area contributed by atoms with Gasteiger partial charge in [0.05, 0.1) is 19.8 Å². The highest BCUT2D eigenvalue weighted by Crippen LogP contribution is 2.13. The van der Waals surface area contributed by atoms with E-state index in [4.69, 9.17) is 14.2 Å². The number of pyridine rings is 1. The zero-order valence-electron chi connectivity index (χ0n) is 14.9. The smallest absolute Gasteiger partial charge is 0.213 e. The fraction of sp³-hybridized carbons (Fsp3) is 0.350. The Labute approximate surface area is 149 Å². The van der Waals surface area contributed by atoms with Gasteiger partial charge in [0.15, 0.2) is 0 Å². The number of nitrogens with zero attached hydrogens (tertiary/aromatic N) is 1. The molecule has 0 unspecified atom stereocenters. The summed E-state index contributed by atoms with van der Waals surface area (Å²) in [5, 5.41) is 3.10. The molecule has 0 saturated heterocycles. The van der Waals surface area contributed by atoms with Gasteiger partial charge in [0.2, 0.25) is 5.88 Å². The van der Waals surface area contributed by atoms with E-state index < -0.39 is 0 Å². The Morgan fingerprint density at radius 2 is 1.56 bits per heavy atom. The number of hydrogen-bond acceptors (Lipinski definition) is 5. The summed E-state index contributed by atoms with van der Waals surface area (Å²) in [6, 6.07) is 12.1. The molecule has 0 radical (unpaired) electrons. The van der Waals surface area contributed by atoms with Crippen LogP contribution < -0.4 is 10.1 Å². The van der Waals surface area contributed by atoms with Crippen molar-refractivity contribution in [3.63, 3.8) is 0 Å². The van der Waals surface area contributed by atoms with Crippen molar-refractivity contribution in [2.45, 2.75) is 6.92 Å². The lowest BCUT2D eigenvalue weighted by atomic mass is 10.1. The predicted molar refractivity (Wildman–Crippen MR) is 102 cm³/mol. The third-order valence-electron chi connectivity index (χ3n) is 3.48. The standard InChI is InChI=1S/C20H26N2O3/c1-3-23-12-13-24-14-15-25-20-11-8-18(16-22-20)5-4-17-6-9-19(21-2)10-7-17/h4-11,16,21H,3,12-15H2,1-2H3/b5-4+. The van der Waals surface area contributed by atoms with Gasteiger partial charge in [0.1, 0.15) is 6.61 Å². The molecule has 134 valence electrons. The van der Waals surface area contributed by atoms with E-state index in [1.807, 2.05) is 44.3 Å². The summed E-state index contributed by atoms with van der Waals surface area (Å²) in [6.07, 6.45) is 5.88. The number of nitrogens with one attached hydrogen (secondary N) is 1. The Kier molecular flexibility index (Phi) is 8.52. The lowest BCUT2D eigenvalue weighted by Gasteiger charge is -2.06. The van der Waals surface area contributed by atoms with Crippen LogP contribution in [-0.2, 0) is 9.47 Å². The molecule has 0 fully saturated rings. The van der Waals surface area contributed by atoms with Gasteiger partial charge in [-0.2, -0.15) is 0 Å². The number of rotatable bonds is 11. The van der Waals surface area contributed by atoms with Gasteiger partial charge in [0.25, 0.3) is 0 Å². The summed E-state index contributed by atoms with van der Waals surface area (Å²) in [4.78, 5) is 4.30. The van der Waals surface area contributed by atoms with Gasteiger partial charge in [-0.15, -0.1) is 0 Å². The Bertz CT molecular complexity index is 624. The lowest BCUT2D eigenvalue weighted by Crippen LogP contribution is -2.11. The summed E-state index contributed by atoms with van der Waals surface area (Å²) in [6.45, 7) is 4.89. The van der Waals surface area contributed by atoms with Crippen molar-refractivity contribution in [2.75, 3.05) is 45.4 Å². The molecule has 0 saturated carbocycles. The average Bonchev–Trinajstić information content (AvgIpc) is 2.67. The number of hydrogen-bond donors (Lipinski definition) is 1. The van der Waals surface area contributed by atoms with Crippen LogP contribution >= 0.6 is 0 Å². The van der Waals surface area contributed by atoms with Crippen molar-refractivity contribution in [2.24, 2.45) is 0 Å². The van der Waals surface area contributed by atoms with Crippen LogP contribution in [0.1, 0.15) is 18.1 Å². The Hall–Kier alpha value is -2.37. The second-order valence-corrected chi connectivity index (χ2v) is 5.29. The first-order chi connectivity index (χ1) is 12.3. The van der Waals surface area contributed by atoms with E-state index in [1.54, 1.807) is 6.20 Å². The van der Waals surface area contributed by atoms with Gasteiger partial charge in [0, 0.05) is 31.6 Å². The zero-order valence-corrected chi connectivity index (χ0v) is 14.9. The molecule has 5 nitrogen and oxygen atoms in total. The van der Waals surface area contributed by atoms with Crippen molar-refractivity contribution in [3.05, 3.63) is 53.7 Å². The van der Waals surface area contributed by atoms with Crippen molar-refractivity contribution in [3.8, 4) is 5.88 Å². The summed E-state index contributed by atoms with van der Waals surface area (Å²) in [5.41, 5.74) is 3.27. The Morgan fingerprint density at radius 1 is 0.880 bits per heavy atom. The molecule has 0 spiro atoms. The first-order valence-electron chi connectivity index (χ1n) is 8.52. The highest BCUT2D eigenvalue weighted by molar-refractivity contribution is 5.70. The van der Waals surface area contributed by atoms with Crippen molar-refractivity contribution < 1.29 is 14.2 Å². The number of anilines is 1. The van der Waals surface area contributed by atoms with Crippen LogP contribution in [0.25, 0.3) is 12.2 Å². The maximum absolute atomic E-state index is 5.55. The molecular weight excluding hydrogens is 316 g/mol. The molecule has 0 aliphatic rings. The molecule has 1 heterocycles. The van der Waals surface area contributed by atoms with Gasteiger partial charge in [-0.05, 0) is 36.2 Å². The molecule has 1 aromatic heterocycles. The minimum Gasteiger partial charge on any atom is -0.475 e. The minimum atomic E-state index is 0.478. The summed E-state index contributed by atoms with van der Waals surface area (Å²) < 4.78 is 16.1. The van der Waals surface area contributed by atoms with Gasteiger partial charge in [-0.25, -0.2) is 4.98 Å². The second-order valence-electron chi connectivity index (χ2n) is 5.29. The highest BCUT2D eigenvalue weighted by atomic mass is 16.5. The van der Waals surface area contributed by atoms with Gasteiger partial charge < -0.3 is 19.5 Å². The molecule has 0 bridgehead atoms. The quantitative estimate of drug-likeness (QED) is 0.631. The molecule has 5 heteroatoms. The van der Waals surface area contributed by atoms with Crippen LogP contribution in [0.2, 0.25) is 0 Å². The molecular formula is C20H26N2O3. The van der Waals surface area contributed by atoms with E-state index >= 15 is 0 Å². The SMILES string of the molecule is CCOCCOCCOc1ccc(/C=C/c2ccc(NC)cc2)cn1. The first-order valence-corrected chi connectivity index (χ1v) is 8.52. The topological polar surface area (TPSA) is 52.6 Å². The molecule has 0 aliphatic carbocycles. The first kappa shape index (κ1) is 19.0. The molecule has 2 aromatic rings. The van der Waals surface area contributed by atoms with Crippen LogP contribution in [0.5, 0.6) is 5.88 Å². The van der Waals surface area contributed by atoms with E-state index in [0.717, 1.165) is 16.8 Å². The van der Waals surface area contributed by atoms with Crippen LogP contribution in [0.15, 0.2) is 42.6 Å². The highest BCUT2D eigenvalue weighted by Gasteiger charge is 1.96. The summed E-state index contributed by atoms with van der Waals surface area (Å²) in [5.74, 6) is 0.601. The van der Waals surface area contributed by atoms with Crippen molar-refractivity contribution in [1.82, 2.24) is 4.98 Å². The molecule has 2 rings (SSSR count). The maximum atomic E-state index is 5.55. The predicted octanol–water partition coefficient (Wildman–Crippen LogP) is 3.73. The number of ether oxygens (including phenoxy) is 3. The fourth-order valence-corrected chi connectivity index (χ4v) is 2.10. The summed E-state index contributed by atoms with van der Waals surface area (Å²) in [7, 11) is 1.91. The van der Waals surface area contributed by atoms with Gasteiger partial charge in [-0.1, -0.05) is 24.3 Å². The Morgan fingerprint density at radius 3 is 2.24 bits per heavy atom. The Balaban J connectivity index is 1.72. The largest absolute Gasteiger partial charge is 0.475 e. The van der Waals surface area contributed by atoms with E-state index in [0.29, 0.717) is 38.9 Å². The normalized spacial score (nSPS) is 11.0. The number of aromatic nitrogens is 1. The van der Waals surface area contributed by atoms with Crippen LogP contribution in [-0.4, -0.2) is 45.1 Å². The van der Waals surface area contributed by atoms with E-state index in [-0.39, 0.29) is 0 Å². The fourth-order valence-electron chi connectivity index (χ4n) is 2.10. The molecule has 25 heavy (non-hydrogen) atoms. The third kappa shape index (κ3) is 7.37. The van der Waals surface area contributed by atoms with Gasteiger partial charge in [-0.3, -0.25) is 0 Å².